The number of benzene rings is 2. The van der Waals surface area contributed by atoms with Gasteiger partial charge in [-0.25, -0.2) is 4.68 Å². The monoisotopic (exact) mass is 279 g/mol. The van der Waals surface area contributed by atoms with Crippen LogP contribution < -0.4 is 4.74 Å². The fraction of sp³-hybridized carbons (Fsp3) is 0.0625. The van der Waals surface area contributed by atoms with Gasteiger partial charge < -0.3 is 4.74 Å². The Kier molecular flexibility index (Phi) is 3.73. The van der Waals surface area contributed by atoms with Gasteiger partial charge in [0.15, 0.2) is 12.0 Å². The largest absolute Gasteiger partial charge is 0.487 e. The second-order valence-electron chi connectivity index (χ2n) is 4.39. The van der Waals surface area contributed by atoms with Crippen molar-refractivity contribution in [3.8, 4) is 11.4 Å². The molecule has 1 aromatic heterocycles. The van der Waals surface area contributed by atoms with E-state index in [1.807, 2.05) is 60.7 Å². The maximum absolute atomic E-state index is 11.1. The van der Waals surface area contributed by atoms with Crippen molar-refractivity contribution < 1.29 is 9.53 Å². The van der Waals surface area contributed by atoms with Gasteiger partial charge in [0, 0.05) is 0 Å². The molecule has 5 nitrogen and oxygen atoms in total. The molecule has 3 rings (SSSR count). The number of carbonyl (C=O) groups excluding carboxylic acids is 1. The molecule has 104 valence electrons. The highest BCUT2D eigenvalue weighted by atomic mass is 16.5. The number of ether oxygens (including phenoxy) is 1. The molecule has 5 heteroatoms. The van der Waals surface area contributed by atoms with Gasteiger partial charge in [0.1, 0.15) is 18.1 Å². The smallest absolute Gasteiger partial charge is 0.172 e. The van der Waals surface area contributed by atoms with Crippen molar-refractivity contribution in [2.24, 2.45) is 0 Å². The van der Waals surface area contributed by atoms with Crippen LogP contribution in [0.2, 0.25) is 0 Å². The van der Waals surface area contributed by atoms with E-state index in [0.717, 1.165) is 11.4 Å². The summed E-state index contributed by atoms with van der Waals surface area (Å²) in [7, 11) is 0. The Morgan fingerprint density at radius 3 is 2.33 bits per heavy atom. The zero-order valence-electron chi connectivity index (χ0n) is 11.2. The van der Waals surface area contributed by atoms with E-state index in [0.29, 0.717) is 12.0 Å². The summed E-state index contributed by atoms with van der Waals surface area (Å²) in [4.78, 5) is 11.1. The lowest BCUT2D eigenvalue weighted by Crippen LogP contribution is -2.07. The van der Waals surface area contributed by atoms with E-state index in [4.69, 9.17) is 4.74 Å². The Bertz CT molecular complexity index is 724. The molecule has 0 aliphatic heterocycles. The lowest BCUT2D eigenvalue weighted by Gasteiger charge is -2.08. The topological polar surface area (TPSA) is 57.0 Å². The molecule has 0 saturated carbocycles. The second kappa shape index (κ2) is 6.00. The standard InChI is InChI=1S/C16H13N3O2/c20-11-15-16(12-21-14-9-5-2-6-10-14)19(18-17-15)13-7-3-1-4-8-13/h1-11H,12H2. The molecular weight excluding hydrogens is 266 g/mol. The summed E-state index contributed by atoms with van der Waals surface area (Å²) < 4.78 is 7.31. The van der Waals surface area contributed by atoms with Gasteiger partial charge in [0.05, 0.1) is 5.69 Å². The highest BCUT2D eigenvalue weighted by Gasteiger charge is 2.14. The summed E-state index contributed by atoms with van der Waals surface area (Å²) >= 11 is 0. The van der Waals surface area contributed by atoms with Crippen LogP contribution in [0.4, 0.5) is 0 Å². The quantitative estimate of drug-likeness (QED) is 0.674. The van der Waals surface area contributed by atoms with Crippen molar-refractivity contribution in [3.63, 3.8) is 0 Å². The summed E-state index contributed by atoms with van der Waals surface area (Å²) in [6.07, 6.45) is 0.691. The average Bonchev–Trinajstić information content (AvgIpc) is 2.97. The molecule has 0 radical (unpaired) electrons. The Labute approximate surface area is 121 Å². The first-order chi connectivity index (χ1) is 10.4. The molecular formula is C16H13N3O2. The van der Waals surface area contributed by atoms with Crippen molar-refractivity contribution >= 4 is 6.29 Å². The Morgan fingerprint density at radius 2 is 1.67 bits per heavy atom. The van der Waals surface area contributed by atoms with Gasteiger partial charge in [-0.2, -0.15) is 0 Å². The molecule has 0 spiro atoms. The molecule has 0 aliphatic rings. The minimum Gasteiger partial charge on any atom is -0.487 e. The first-order valence-corrected chi connectivity index (χ1v) is 6.51. The van der Waals surface area contributed by atoms with Crippen LogP contribution in [0.25, 0.3) is 5.69 Å². The zero-order valence-corrected chi connectivity index (χ0v) is 11.2. The Morgan fingerprint density at radius 1 is 1.00 bits per heavy atom. The molecule has 0 bridgehead atoms. The summed E-state index contributed by atoms with van der Waals surface area (Å²) in [5.41, 5.74) is 1.75. The van der Waals surface area contributed by atoms with E-state index in [2.05, 4.69) is 10.3 Å². The fourth-order valence-electron chi connectivity index (χ4n) is 1.98. The van der Waals surface area contributed by atoms with Crippen molar-refractivity contribution in [2.75, 3.05) is 0 Å². The molecule has 0 aliphatic carbocycles. The van der Waals surface area contributed by atoms with E-state index in [-0.39, 0.29) is 12.3 Å². The van der Waals surface area contributed by atoms with Crippen LogP contribution in [-0.2, 0) is 6.61 Å². The molecule has 1 heterocycles. The lowest BCUT2D eigenvalue weighted by molar-refractivity contribution is 0.111. The van der Waals surface area contributed by atoms with E-state index in [1.54, 1.807) is 4.68 Å². The van der Waals surface area contributed by atoms with E-state index in [1.165, 1.54) is 0 Å². The van der Waals surface area contributed by atoms with Gasteiger partial charge in [-0.3, -0.25) is 4.79 Å². The molecule has 0 atom stereocenters. The van der Waals surface area contributed by atoms with Gasteiger partial charge in [-0.05, 0) is 24.3 Å². The van der Waals surface area contributed by atoms with E-state index in [9.17, 15) is 4.79 Å². The third-order valence-corrected chi connectivity index (χ3v) is 3.02. The molecule has 0 fully saturated rings. The summed E-state index contributed by atoms with van der Waals surface area (Å²) in [5, 5.41) is 7.91. The molecule has 3 aromatic rings. The number of rotatable bonds is 5. The highest BCUT2D eigenvalue weighted by molar-refractivity contribution is 5.73. The van der Waals surface area contributed by atoms with Crippen LogP contribution >= 0.6 is 0 Å². The van der Waals surface area contributed by atoms with Crippen LogP contribution in [0, 0.1) is 0 Å². The average molecular weight is 279 g/mol. The number of aromatic nitrogens is 3. The molecule has 0 saturated heterocycles. The number of hydrogen-bond donors (Lipinski definition) is 0. The van der Waals surface area contributed by atoms with Crippen molar-refractivity contribution in [1.29, 1.82) is 0 Å². The molecule has 0 unspecified atom stereocenters. The predicted molar refractivity (Wildman–Crippen MR) is 77.5 cm³/mol. The van der Waals surface area contributed by atoms with Gasteiger partial charge >= 0.3 is 0 Å². The summed E-state index contributed by atoms with van der Waals surface area (Å²) in [6, 6.07) is 18.9. The first-order valence-electron chi connectivity index (χ1n) is 6.51. The van der Waals surface area contributed by atoms with Crippen LogP contribution in [0.1, 0.15) is 16.2 Å². The maximum atomic E-state index is 11.1. The van der Waals surface area contributed by atoms with Crippen LogP contribution in [-0.4, -0.2) is 21.3 Å². The maximum Gasteiger partial charge on any atom is 0.172 e. The summed E-state index contributed by atoms with van der Waals surface area (Å²) in [6.45, 7) is 0.222. The fourth-order valence-corrected chi connectivity index (χ4v) is 1.98. The van der Waals surface area contributed by atoms with Crippen LogP contribution in [0.15, 0.2) is 60.7 Å². The molecule has 21 heavy (non-hydrogen) atoms. The SMILES string of the molecule is O=Cc1nnn(-c2ccccc2)c1COc1ccccc1. The molecule has 0 amide bonds. The number of aldehydes is 1. The third-order valence-electron chi connectivity index (χ3n) is 3.02. The van der Waals surface area contributed by atoms with E-state index < -0.39 is 0 Å². The lowest BCUT2D eigenvalue weighted by atomic mass is 10.3. The van der Waals surface area contributed by atoms with Gasteiger partial charge in [0.2, 0.25) is 0 Å². The minimum atomic E-state index is 0.222. The minimum absolute atomic E-state index is 0.222. The number of para-hydroxylation sites is 2. The Balaban J connectivity index is 1.90. The van der Waals surface area contributed by atoms with Gasteiger partial charge in [-0.1, -0.05) is 41.6 Å². The summed E-state index contributed by atoms with van der Waals surface area (Å²) in [5.74, 6) is 0.732. The highest BCUT2D eigenvalue weighted by Crippen LogP contribution is 2.15. The first kappa shape index (κ1) is 13.1. The number of nitrogens with zero attached hydrogens (tertiary/aromatic N) is 3. The number of hydrogen-bond acceptors (Lipinski definition) is 4. The normalized spacial score (nSPS) is 10.3. The van der Waals surface area contributed by atoms with Gasteiger partial charge in [0.25, 0.3) is 0 Å². The third kappa shape index (κ3) is 2.81. The number of carbonyl (C=O) groups is 1. The predicted octanol–water partition coefficient (Wildman–Crippen LogP) is 2.66. The van der Waals surface area contributed by atoms with Gasteiger partial charge in [-0.15, -0.1) is 5.10 Å². The Hall–Kier alpha value is -2.95. The molecule has 0 N–H and O–H groups in total. The molecule has 2 aromatic carbocycles. The van der Waals surface area contributed by atoms with E-state index >= 15 is 0 Å². The van der Waals surface area contributed by atoms with Crippen molar-refractivity contribution in [2.45, 2.75) is 6.61 Å². The second-order valence-corrected chi connectivity index (χ2v) is 4.39. The van der Waals surface area contributed by atoms with Crippen LogP contribution in [0.3, 0.4) is 0 Å². The van der Waals surface area contributed by atoms with Crippen molar-refractivity contribution in [3.05, 3.63) is 72.1 Å². The van der Waals surface area contributed by atoms with Crippen LogP contribution in [0.5, 0.6) is 5.75 Å². The zero-order chi connectivity index (χ0) is 14.5. The van der Waals surface area contributed by atoms with Crippen molar-refractivity contribution in [1.82, 2.24) is 15.0 Å².